The van der Waals surface area contributed by atoms with Crippen molar-refractivity contribution in [2.24, 2.45) is 0 Å². The molecule has 0 spiro atoms. The van der Waals surface area contributed by atoms with E-state index in [2.05, 4.69) is 0 Å². The second-order valence-electron chi connectivity index (χ2n) is 7.06. The molecule has 0 aromatic heterocycles. The molecule has 0 saturated carbocycles. The molecule has 0 N–H and O–H groups in total. The van der Waals surface area contributed by atoms with Crippen molar-refractivity contribution in [2.45, 2.75) is 18.3 Å². The predicted octanol–water partition coefficient (Wildman–Crippen LogP) is 2.64. The van der Waals surface area contributed by atoms with Gasteiger partial charge in [0.1, 0.15) is 6.61 Å². The molecule has 0 atom stereocenters. The van der Waals surface area contributed by atoms with Gasteiger partial charge in [0.05, 0.1) is 30.8 Å². The first-order valence-corrected chi connectivity index (χ1v) is 9.20. The molecule has 0 fully saturated rings. The van der Waals surface area contributed by atoms with Crippen molar-refractivity contribution in [1.82, 2.24) is 0 Å². The summed E-state index contributed by atoms with van der Waals surface area (Å²) in [6.07, 6.45) is 0. The summed E-state index contributed by atoms with van der Waals surface area (Å²) in [6.45, 7) is 1.18. The Bertz CT molecular complexity index is 1020. The zero-order valence-corrected chi connectivity index (χ0v) is 16.4. The second-order valence-corrected chi connectivity index (χ2v) is 7.06. The number of esters is 3. The van der Waals surface area contributed by atoms with E-state index in [1.165, 1.54) is 21.1 Å². The van der Waals surface area contributed by atoms with Crippen molar-refractivity contribution >= 4 is 17.9 Å². The topological polar surface area (TPSA) is 78.9 Å². The Labute approximate surface area is 168 Å². The third-order valence-corrected chi connectivity index (χ3v) is 5.73. The first-order valence-electron chi connectivity index (χ1n) is 9.20. The van der Waals surface area contributed by atoms with Gasteiger partial charge >= 0.3 is 17.9 Å². The molecule has 6 nitrogen and oxygen atoms in total. The summed E-state index contributed by atoms with van der Waals surface area (Å²) in [5.74, 6) is -2.20. The molecule has 0 unspecified atom stereocenters. The van der Waals surface area contributed by atoms with Gasteiger partial charge in [0.2, 0.25) is 0 Å². The molecule has 0 heterocycles. The van der Waals surface area contributed by atoms with Crippen molar-refractivity contribution < 1.29 is 28.6 Å². The van der Waals surface area contributed by atoms with Crippen LogP contribution in [0.2, 0.25) is 0 Å². The van der Waals surface area contributed by atoms with Crippen LogP contribution in [-0.2, 0) is 34.0 Å². The largest absolute Gasteiger partial charge is 0.466 e. The van der Waals surface area contributed by atoms with E-state index in [1.54, 1.807) is 0 Å². The molecular weight excluding hydrogens is 372 g/mol. The first-order chi connectivity index (χ1) is 14.0. The standard InChI is InChI=1S/C23H20O6/c1-13(24)29-12-23-16-10-6-4-8-14(16)18(15-9-5-7-11-17(15)23)19(21(25)27-2)20(23)22(26)28-3/h4-11,18H,12H2,1-3H3. The molecule has 2 aromatic rings. The van der Waals surface area contributed by atoms with Gasteiger partial charge in [0.15, 0.2) is 0 Å². The Balaban J connectivity index is 2.15. The highest BCUT2D eigenvalue weighted by Crippen LogP contribution is 2.59. The lowest BCUT2D eigenvalue weighted by Gasteiger charge is -2.49. The third kappa shape index (κ3) is 2.52. The van der Waals surface area contributed by atoms with Crippen LogP contribution in [0.25, 0.3) is 0 Å². The minimum Gasteiger partial charge on any atom is -0.466 e. The van der Waals surface area contributed by atoms with Crippen LogP contribution in [0.3, 0.4) is 0 Å². The molecule has 3 aliphatic carbocycles. The first kappa shape index (κ1) is 18.9. The molecule has 148 valence electrons. The molecule has 0 amide bonds. The van der Waals surface area contributed by atoms with Gasteiger partial charge in [0, 0.05) is 12.8 Å². The fourth-order valence-electron chi connectivity index (χ4n) is 4.70. The van der Waals surface area contributed by atoms with Crippen LogP contribution in [0.1, 0.15) is 35.1 Å². The minimum absolute atomic E-state index is 0.131. The highest BCUT2D eigenvalue weighted by atomic mass is 16.5. The van der Waals surface area contributed by atoms with Gasteiger partial charge in [-0.25, -0.2) is 9.59 Å². The van der Waals surface area contributed by atoms with Crippen LogP contribution in [0, 0.1) is 0 Å². The zero-order chi connectivity index (χ0) is 20.8. The molecule has 2 aromatic carbocycles. The van der Waals surface area contributed by atoms with Gasteiger partial charge in [-0.3, -0.25) is 4.79 Å². The number of methoxy groups -OCH3 is 2. The lowest BCUT2D eigenvalue weighted by Crippen LogP contribution is -2.49. The summed E-state index contributed by atoms with van der Waals surface area (Å²) < 4.78 is 15.6. The molecule has 0 saturated heterocycles. The molecule has 29 heavy (non-hydrogen) atoms. The maximum absolute atomic E-state index is 13.0. The Kier molecular flexibility index (Phi) is 4.49. The normalized spacial score (nSPS) is 21.1. The highest BCUT2D eigenvalue weighted by Gasteiger charge is 2.58. The van der Waals surface area contributed by atoms with E-state index < -0.39 is 29.2 Å². The van der Waals surface area contributed by atoms with Crippen LogP contribution < -0.4 is 0 Å². The number of carbonyl (C=O) groups is 3. The number of carbonyl (C=O) groups excluding carboxylic acids is 3. The molecule has 6 heteroatoms. The van der Waals surface area contributed by atoms with Crippen molar-refractivity contribution in [2.75, 3.05) is 20.8 Å². The van der Waals surface area contributed by atoms with Gasteiger partial charge in [-0.15, -0.1) is 0 Å². The summed E-state index contributed by atoms with van der Waals surface area (Å²) in [5.41, 5.74) is 2.62. The summed E-state index contributed by atoms with van der Waals surface area (Å²) in [7, 11) is 2.55. The van der Waals surface area contributed by atoms with Gasteiger partial charge < -0.3 is 14.2 Å². The smallest absolute Gasteiger partial charge is 0.335 e. The molecular formula is C23H20O6. The molecule has 2 bridgehead atoms. The second kappa shape index (κ2) is 6.88. The monoisotopic (exact) mass is 392 g/mol. The van der Waals surface area contributed by atoms with Crippen LogP contribution >= 0.6 is 0 Å². The van der Waals surface area contributed by atoms with Crippen LogP contribution in [0.15, 0.2) is 59.7 Å². The fraction of sp³-hybridized carbons (Fsp3) is 0.261. The van der Waals surface area contributed by atoms with Gasteiger partial charge in [-0.05, 0) is 22.3 Å². The van der Waals surface area contributed by atoms with E-state index in [9.17, 15) is 14.4 Å². The van der Waals surface area contributed by atoms with Crippen LogP contribution in [0.5, 0.6) is 0 Å². The number of hydrogen-bond acceptors (Lipinski definition) is 6. The average molecular weight is 392 g/mol. The fourth-order valence-corrected chi connectivity index (χ4v) is 4.70. The van der Waals surface area contributed by atoms with Crippen molar-refractivity contribution in [3.8, 4) is 0 Å². The Morgan fingerprint density at radius 1 is 0.862 bits per heavy atom. The quantitative estimate of drug-likeness (QED) is 0.588. The number of ether oxygens (including phenoxy) is 3. The van der Waals surface area contributed by atoms with Crippen molar-refractivity contribution in [3.05, 3.63) is 81.9 Å². The number of hydrogen-bond donors (Lipinski definition) is 0. The Morgan fingerprint density at radius 3 is 1.86 bits per heavy atom. The molecule has 0 aliphatic heterocycles. The molecule has 5 rings (SSSR count). The third-order valence-electron chi connectivity index (χ3n) is 5.73. The van der Waals surface area contributed by atoms with Gasteiger partial charge in [-0.1, -0.05) is 48.5 Å². The lowest BCUT2D eigenvalue weighted by atomic mass is 9.53. The maximum Gasteiger partial charge on any atom is 0.335 e. The van der Waals surface area contributed by atoms with Crippen molar-refractivity contribution in [1.29, 1.82) is 0 Å². The molecule has 0 radical (unpaired) electrons. The van der Waals surface area contributed by atoms with E-state index in [1.807, 2.05) is 48.5 Å². The van der Waals surface area contributed by atoms with Crippen LogP contribution in [0.4, 0.5) is 0 Å². The lowest BCUT2D eigenvalue weighted by molar-refractivity contribution is -0.144. The number of rotatable bonds is 4. The number of benzene rings is 2. The zero-order valence-electron chi connectivity index (χ0n) is 16.4. The summed E-state index contributed by atoms with van der Waals surface area (Å²) in [4.78, 5) is 37.7. The SMILES string of the molecule is COC(=O)C1=C(C(=O)OC)C2(COC(C)=O)c3ccccc3C1c1ccccc12. The Hall–Kier alpha value is -3.41. The molecule has 3 aliphatic rings. The van der Waals surface area contributed by atoms with E-state index in [4.69, 9.17) is 14.2 Å². The van der Waals surface area contributed by atoms with E-state index in [0.29, 0.717) is 0 Å². The highest BCUT2D eigenvalue weighted by molar-refractivity contribution is 6.07. The van der Waals surface area contributed by atoms with Crippen molar-refractivity contribution in [3.63, 3.8) is 0 Å². The van der Waals surface area contributed by atoms with E-state index in [0.717, 1.165) is 22.3 Å². The summed E-state index contributed by atoms with van der Waals surface area (Å²) in [5, 5.41) is 0. The van der Waals surface area contributed by atoms with E-state index in [-0.39, 0.29) is 17.8 Å². The summed E-state index contributed by atoms with van der Waals surface area (Å²) >= 11 is 0. The average Bonchev–Trinajstić information content (AvgIpc) is 2.76. The maximum atomic E-state index is 13.0. The minimum atomic E-state index is -1.16. The van der Waals surface area contributed by atoms with Gasteiger partial charge in [0.25, 0.3) is 0 Å². The Morgan fingerprint density at radius 2 is 1.38 bits per heavy atom. The van der Waals surface area contributed by atoms with Gasteiger partial charge in [-0.2, -0.15) is 0 Å². The predicted molar refractivity (Wildman–Crippen MR) is 103 cm³/mol. The van der Waals surface area contributed by atoms with E-state index >= 15 is 0 Å². The van der Waals surface area contributed by atoms with Crippen LogP contribution in [-0.4, -0.2) is 38.7 Å². The summed E-state index contributed by atoms with van der Waals surface area (Å²) in [6, 6.07) is 15.2.